The normalized spacial score (nSPS) is 20.7. The number of halogens is 1. The number of likely N-dealkylation sites (N-methyl/N-ethyl adjacent to an activating group) is 1. The number of fused-ring (bicyclic) bond motifs is 1. The third-order valence-corrected chi connectivity index (χ3v) is 4.83. The molecule has 130 valence electrons. The second-order valence-electron chi connectivity index (χ2n) is 6.58. The minimum atomic E-state index is -0.241. The minimum absolute atomic E-state index is 0.191. The third kappa shape index (κ3) is 2.78. The van der Waals surface area contributed by atoms with Crippen LogP contribution in [0.2, 0.25) is 0 Å². The van der Waals surface area contributed by atoms with Gasteiger partial charge in [0.1, 0.15) is 5.82 Å². The molecule has 0 spiro atoms. The Kier molecular flexibility index (Phi) is 3.76. The fourth-order valence-corrected chi connectivity index (χ4v) is 3.50. The SMILES string of the molecule is CN(C)[C@@H]1CN(c2nc3nc[nH]c3c(=O)[nH]2)C[C@H]1c1ccc(F)cc1. The van der Waals surface area contributed by atoms with Gasteiger partial charge in [-0.1, -0.05) is 12.1 Å². The van der Waals surface area contributed by atoms with Gasteiger partial charge in [-0.15, -0.1) is 0 Å². The van der Waals surface area contributed by atoms with E-state index in [1.54, 1.807) is 0 Å². The van der Waals surface area contributed by atoms with Crippen LogP contribution < -0.4 is 10.5 Å². The topological polar surface area (TPSA) is 80.9 Å². The zero-order chi connectivity index (χ0) is 17.6. The number of imidazole rings is 1. The van der Waals surface area contributed by atoms with Crippen molar-refractivity contribution in [1.82, 2.24) is 24.8 Å². The molecule has 25 heavy (non-hydrogen) atoms. The third-order valence-electron chi connectivity index (χ3n) is 4.83. The zero-order valence-corrected chi connectivity index (χ0v) is 14.0. The quantitative estimate of drug-likeness (QED) is 0.750. The molecule has 0 unspecified atom stereocenters. The molecular formula is C17H19FN6O. The van der Waals surface area contributed by atoms with E-state index in [-0.39, 0.29) is 23.3 Å². The number of anilines is 1. The largest absolute Gasteiger partial charge is 0.340 e. The average molecular weight is 342 g/mol. The molecule has 0 amide bonds. The van der Waals surface area contributed by atoms with Crippen molar-refractivity contribution in [3.8, 4) is 0 Å². The second kappa shape index (κ2) is 5.96. The fourth-order valence-electron chi connectivity index (χ4n) is 3.50. The van der Waals surface area contributed by atoms with E-state index in [1.807, 2.05) is 31.1 Å². The highest BCUT2D eigenvalue weighted by molar-refractivity contribution is 5.69. The van der Waals surface area contributed by atoms with E-state index in [2.05, 4.69) is 24.8 Å². The Balaban J connectivity index is 1.69. The molecule has 4 rings (SSSR count). The van der Waals surface area contributed by atoms with E-state index in [1.165, 1.54) is 18.5 Å². The first kappa shape index (κ1) is 15.8. The smallest absolute Gasteiger partial charge is 0.278 e. The summed E-state index contributed by atoms with van der Waals surface area (Å²) in [6, 6.07) is 6.85. The number of benzene rings is 1. The molecule has 2 atom stereocenters. The predicted octanol–water partition coefficient (Wildman–Crippen LogP) is 1.32. The molecule has 1 aromatic carbocycles. The summed E-state index contributed by atoms with van der Waals surface area (Å²) < 4.78 is 13.3. The maximum atomic E-state index is 13.3. The molecule has 1 saturated heterocycles. The van der Waals surface area contributed by atoms with Gasteiger partial charge in [-0.3, -0.25) is 9.78 Å². The summed E-state index contributed by atoms with van der Waals surface area (Å²) in [5.74, 6) is 0.465. The van der Waals surface area contributed by atoms with Gasteiger partial charge in [-0.2, -0.15) is 4.98 Å². The van der Waals surface area contributed by atoms with Gasteiger partial charge in [0.25, 0.3) is 5.56 Å². The van der Waals surface area contributed by atoms with Crippen LogP contribution in [0.15, 0.2) is 35.4 Å². The maximum Gasteiger partial charge on any atom is 0.278 e. The van der Waals surface area contributed by atoms with Gasteiger partial charge >= 0.3 is 0 Å². The van der Waals surface area contributed by atoms with Crippen LogP contribution in [0.3, 0.4) is 0 Å². The molecular weight excluding hydrogens is 323 g/mol. The number of rotatable bonds is 3. The minimum Gasteiger partial charge on any atom is -0.340 e. The molecule has 8 heteroatoms. The van der Waals surface area contributed by atoms with Crippen LogP contribution in [-0.2, 0) is 0 Å². The molecule has 1 fully saturated rings. The van der Waals surface area contributed by atoms with Gasteiger partial charge in [-0.05, 0) is 31.8 Å². The summed E-state index contributed by atoms with van der Waals surface area (Å²) in [5, 5.41) is 0. The van der Waals surface area contributed by atoms with Crippen molar-refractivity contribution in [2.24, 2.45) is 0 Å². The molecule has 0 saturated carbocycles. The lowest BCUT2D eigenvalue weighted by atomic mass is 9.94. The van der Waals surface area contributed by atoms with E-state index in [4.69, 9.17) is 0 Å². The van der Waals surface area contributed by atoms with Gasteiger partial charge in [0.2, 0.25) is 5.95 Å². The number of nitrogens with zero attached hydrogens (tertiary/aromatic N) is 4. The molecule has 2 N–H and O–H groups in total. The number of hydrogen-bond donors (Lipinski definition) is 2. The van der Waals surface area contributed by atoms with Crippen LogP contribution in [0.1, 0.15) is 11.5 Å². The number of nitrogens with one attached hydrogen (secondary N) is 2. The van der Waals surface area contributed by atoms with Crippen molar-refractivity contribution in [3.63, 3.8) is 0 Å². The molecule has 1 aliphatic rings. The van der Waals surface area contributed by atoms with Crippen molar-refractivity contribution in [2.45, 2.75) is 12.0 Å². The molecule has 2 aromatic heterocycles. The van der Waals surface area contributed by atoms with Crippen LogP contribution in [-0.4, -0.2) is 58.1 Å². The van der Waals surface area contributed by atoms with Gasteiger partial charge in [0, 0.05) is 25.0 Å². The standard InChI is InChI=1S/C17H19FN6O/c1-23(2)13-8-24(7-12(13)10-3-5-11(18)6-4-10)17-21-15-14(16(25)22-17)19-9-20-15/h3-6,9,12-13H,7-8H2,1-2H3,(H2,19,20,21,22,25)/t12-,13+/m0/s1. The zero-order valence-electron chi connectivity index (χ0n) is 14.0. The number of H-pyrrole nitrogens is 2. The lowest BCUT2D eigenvalue weighted by Gasteiger charge is -2.25. The van der Waals surface area contributed by atoms with Crippen molar-refractivity contribution >= 4 is 17.1 Å². The monoisotopic (exact) mass is 342 g/mol. The number of aromatic amines is 2. The van der Waals surface area contributed by atoms with Crippen LogP contribution in [0.5, 0.6) is 0 Å². The van der Waals surface area contributed by atoms with Crippen LogP contribution in [0, 0.1) is 5.82 Å². The molecule has 0 bridgehead atoms. The Morgan fingerprint density at radius 1 is 1.24 bits per heavy atom. The Hall–Kier alpha value is -2.74. The van der Waals surface area contributed by atoms with Crippen molar-refractivity contribution in [1.29, 1.82) is 0 Å². The van der Waals surface area contributed by atoms with Gasteiger partial charge < -0.3 is 14.8 Å². The second-order valence-corrected chi connectivity index (χ2v) is 6.58. The molecule has 0 aliphatic carbocycles. The Bertz CT molecular complexity index is 948. The van der Waals surface area contributed by atoms with E-state index in [0.29, 0.717) is 30.2 Å². The number of aromatic nitrogens is 4. The van der Waals surface area contributed by atoms with Crippen LogP contribution in [0.4, 0.5) is 10.3 Å². The summed E-state index contributed by atoms with van der Waals surface area (Å²) in [6.45, 7) is 1.40. The molecule has 1 aliphatic heterocycles. The Morgan fingerprint density at radius 3 is 2.72 bits per heavy atom. The fraction of sp³-hybridized carbons (Fsp3) is 0.353. The predicted molar refractivity (Wildman–Crippen MR) is 93.3 cm³/mol. The summed E-state index contributed by atoms with van der Waals surface area (Å²) in [5.41, 5.74) is 1.63. The lowest BCUT2D eigenvalue weighted by Crippen LogP contribution is -2.35. The average Bonchev–Trinajstić information content (AvgIpc) is 3.22. The van der Waals surface area contributed by atoms with Crippen LogP contribution >= 0.6 is 0 Å². The first-order chi connectivity index (χ1) is 12.0. The van der Waals surface area contributed by atoms with E-state index >= 15 is 0 Å². The summed E-state index contributed by atoms with van der Waals surface area (Å²) in [7, 11) is 4.05. The number of hydrogen-bond acceptors (Lipinski definition) is 5. The Labute approximate surface area is 143 Å². The molecule has 3 heterocycles. The molecule has 7 nitrogen and oxygen atoms in total. The lowest BCUT2D eigenvalue weighted by molar-refractivity contribution is 0.292. The highest BCUT2D eigenvalue weighted by Gasteiger charge is 2.36. The molecule has 3 aromatic rings. The maximum absolute atomic E-state index is 13.3. The van der Waals surface area contributed by atoms with E-state index in [0.717, 1.165) is 5.56 Å². The summed E-state index contributed by atoms with van der Waals surface area (Å²) in [6.07, 6.45) is 1.46. The van der Waals surface area contributed by atoms with Crippen LogP contribution in [0.25, 0.3) is 11.2 Å². The molecule has 0 radical (unpaired) electrons. The van der Waals surface area contributed by atoms with Crippen molar-refractivity contribution in [3.05, 3.63) is 52.3 Å². The van der Waals surface area contributed by atoms with Gasteiger partial charge in [0.15, 0.2) is 11.2 Å². The summed E-state index contributed by atoms with van der Waals surface area (Å²) >= 11 is 0. The summed E-state index contributed by atoms with van der Waals surface area (Å²) in [4.78, 5) is 30.6. The first-order valence-corrected chi connectivity index (χ1v) is 8.13. The van der Waals surface area contributed by atoms with Gasteiger partial charge in [-0.25, -0.2) is 9.37 Å². The van der Waals surface area contributed by atoms with Crippen molar-refractivity contribution < 1.29 is 4.39 Å². The Morgan fingerprint density at radius 2 is 2.00 bits per heavy atom. The first-order valence-electron chi connectivity index (χ1n) is 8.13. The van der Waals surface area contributed by atoms with E-state index in [9.17, 15) is 9.18 Å². The van der Waals surface area contributed by atoms with Gasteiger partial charge in [0.05, 0.1) is 6.33 Å². The highest BCUT2D eigenvalue weighted by atomic mass is 19.1. The van der Waals surface area contributed by atoms with Crippen molar-refractivity contribution in [2.75, 3.05) is 32.1 Å². The van der Waals surface area contributed by atoms with E-state index < -0.39 is 0 Å². The highest BCUT2D eigenvalue weighted by Crippen LogP contribution is 2.32.